The van der Waals surface area contributed by atoms with Crippen molar-refractivity contribution in [2.45, 2.75) is 57.5 Å². The maximum Gasteiger partial charge on any atom is 0.303 e. The number of hydrogen-bond donors (Lipinski definition) is 1. The Labute approximate surface area is 122 Å². The van der Waals surface area contributed by atoms with Crippen LogP contribution in [0.5, 0.6) is 0 Å². The van der Waals surface area contributed by atoms with Crippen molar-refractivity contribution in [2.24, 2.45) is 0 Å². The summed E-state index contributed by atoms with van der Waals surface area (Å²) in [7, 11) is 0. The van der Waals surface area contributed by atoms with E-state index in [4.69, 9.17) is 18.9 Å². The van der Waals surface area contributed by atoms with Gasteiger partial charge in [0.05, 0.1) is 6.10 Å². The van der Waals surface area contributed by atoms with Crippen molar-refractivity contribution >= 4 is 30.5 Å². The van der Waals surface area contributed by atoms with Gasteiger partial charge in [0.2, 0.25) is 0 Å². The van der Waals surface area contributed by atoms with Gasteiger partial charge in [-0.2, -0.15) is 0 Å². The topological polar surface area (TPSA) is 88.1 Å². The lowest BCUT2D eigenvalue weighted by molar-refractivity contribution is -0.228. The predicted octanol–water partition coefficient (Wildman–Crippen LogP) is 0.456. The second-order valence-corrected chi connectivity index (χ2v) is 4.96. The van der Waals surface area contributed by atoms with Gasteiger partial charge in [-0.25, -0.2) is 0 Å². The third-order valence-electron chi connectivity index (χ3n) is 2.65. The highest BCUT2D eigenvalue weighted by Gasteiger charge is 2.49. The molecule has 8 heteroatoms. The van der Waals surface area contributed by atoms with Gasteiger partial charge in [-0.1, -0.05) is 0 Å². The molecule has 7 nitrogen and oxygen atoms in total. The smallest absolute Gasteiger partial charge is 0.303 e. The first-order valence-corrected chi connectivity index (χ1v) is 6.59. The van der Waals surface area contributed by atoms with Gasteiger partial charge in [-0.05, 0) is 6.92 Å². The lowest BCUT2D eigenvalue weighted by atomic mass is 10.00. The van der Waals surface area contributed by atoms with Crippen LogP contribution in [0.25, 0.3) is 0 Å². The van der Waals surface area contributed by atoms with Crippen molar-refractivity contribution in [1.29, 1.82) is 0 Å². The van der Waals surface area contributed by atoms with Gasteiger partial charge in [0.1, 0.15) is 5.44 Å². The van der Waals surface area contributed by atoms with Gasteiger partial charge in [0.25, 0.3) is 0 Å². The van der Waals surface area contributed by atoms with E-state index < -0.39 is 47.8 Å². The summed E-state index contributed by atoms with van der Waals surface area (Å²) in [5.74, 6) is -1.72. The second kappa shape index (κ2) is 6.94. The zero-order valence-corrected chi connectivity index (χ0v) is 12.6. The Kier molecular flexibility index (Phi) is 5.82. The summed E-state index contributed by atoms with van der Waals surface area (Å²) in [4.78, 5) is 33.5. The molecule has 5 atom stereocenters. The number of thiol groups is 1. The molecule has 0 radical (unpaired) electrons. The van der Waals surface area contributed by atoms with E-state index in [0.29, 0.717) is 0 Å². The monoisotopic (exact) mass is 306 g/mol. The van der Waals surface area contributed by atoms with E-state index in [-0.39, 0.29) is 0 Å². The quantitative estimate of drug-likeness (QED) is 0.460. The largest absolute Gasteiger partial charge is 0.456 e. The van der Waals surface area contributed by atoms with Crippen molar-refractivity contribution in [2.75, 3.05) is 0 Å². The van der Waals surface area contributed by atoms with E-state index in [1.54, 1.807) is 6.92 Å². The lowest BCUT2D eigenvalue weighted by Gasteiger charge is -2.42. The number of ether oxygens (including phenoxy) is 4. The summed E-state index contributed by atoms with van der Waals surface area (Å²) in [5.41, 5.74) is -0.787. The highest BCUT2D eigenvalue weighted by atomic mass is 32.1. The van der Waals surface area contributed by atoms with E-state index in [0.717, 1.165) is 0 Å². The number of rotatable bonds is 3. The molecule has 1 saturated heterocycles. The molecule has 0 aromatic carbocycles. The number of esters is 3. The average Bonchev–Trinajstić information content (AvgIpc) is 2.27. The molecule has 0 saturated carbocycles. The van der Waals surface area contributed by atoms with Crippen LogP contribution in [-0.4, -0.2) is 47.8 Å². The summed E-state index contributed by atoms with van der Waals surface area (Å²) in [5, 5.41) is 0. The van der Waals surface area contributed by atoms with Gasteiger partial charge < -0.3 is 18.9 Å². The Morgan fingerprint density at radius 3 is 1.70 bits per heavy atom. The zero-order chi connectivity index (χ0) is 15.4. The number of carbonyl (C=O) groups excluding carboxylic acids is 3. The van der Waals surface area contributed by atoms with Crippen LogP contribution >= 0.6 is 12.6 Å². The molecule has 20 heavy (non-hydrogen) atoms. The Hall–Kier alpha value is -1.28. The summed E-state index contributed by atoms with van der Waals surface area (Å²) >= 11 is 4.17. The minimum atomic E-state index is -0.966. The zero-order valence-electron chi connectivity index (χ0n) is 11.7. The molecule has 0 amide bonds. The molecule has 0 N–H and O–H groups in total. The van der Waals surface area contributed by atoms with Gasteiger partial charge >= 0.3 is 17.9 Å². The van der Waals surface area contributed by atoms with E-state index in [2.05, 4.69) is 12.6 Å². The summed E-state index contributed by atoms with van der Waals surface area (Å²) < 4.78 is 20.8. The first-order chi connectivity index (χ1) is 9.22. The van der Waals surface area contributed by atoms with E-state index in [1.165, 1.54) is 20.8 Å². The summed E-state index contributed by atoms with van der Waals surface area (Å²) in [6.07, 6.45) is -3.35. The van der Waals surface area contributed by atoms with Crippen LogP contribution in [0.4, 0.5) is 0 Å². The van der Waals surface area contributed by atoms with Crippen LogP contribution in [-0.2, 0) is 33.3 Å². The molecular formula is C12H18O7S. The van der Waals surface area contributed by atoms with Gasteiger partial charge in [-0.3, -0.25) is 14.4 Å². The third-order valence-corrected chi connectivity index (χ3v) is 3.07. The van der Waals surface area contributed by atoms with Crippen LogP contribution in [0.1, 0.15) is 27.7 Å². The standard InChI is InChI=1S/C12H18O7S/c1-5-9(17-6(2)13)10(18-7(3)14)11(12(20)16-5)19-8(4)15/h5,9-12,20H,1-4H3/t5?,9-,10?,11?,12-/m1/s1. The van der Waals surface area contributed by atoms with Gasteiger partial charge in [0, 0.05) is 20.8 Å². The Morgan fingerprint density at radius 1 is 0.850 bits per heavy atom. The molecule has 0 spiro atoms. The third kappa shape index (κ3) is 4.38. The Balaban J connectivity index is 3.01. The first kappa shape index (κ1) is 16.8. The highest BCUT2D eigenvalue weighted by Crippen LogP contribution is 2.29. The predicted molar refractivity (Wildman–Crippen MR) is 70.0 cm³/mol. The van der Waals surface area contributed by atoms with Crippen molar-refractivity contribution in [3.8, 4) is 0 Å². The number of hydrogen-bond acceptors (Lipinski definition) is 8. The Bertz CT molecular complexity index is 369. The molecule has 0 aromatic heterocycles. The average molecular weight is 306 g/mol. The normalized spacial score (nSPS) is 33.1. The number of carbonyl (C=O) groups is 3. The first-order valence-electron chi connectivity index (χ1n) is 6.07. The summed E-state index contributed by atoms with van der Waals surface area (Å²) in [6.45, 7) is 5.30. The van der Waals surface area contributed by atoms with Crippen molar-refractivity contribution in [3.63, 3.8) is 0 Å². The second-order valence-electron chi connectivity index (χ2n) is 4.45. The van der Waals surface area contributed by atoms with Crippen molar-refractivity contribution in [1.82, 2.24) is 0 Å². The van der Waals surface area contributed by atoms with E-state index >= 15 is 0 Å². The fourth-order valence-electron chi connectivity index (χ4n) is 1.99. The molecule has 0 aliphatic carbocycles. The minimum Gasteiger partial charge on any atom is -0.456 e. The van der Waals surface area contributed by atoms with Crippen molar-refractivity contribution < 1.29 is 33.3 Å². The van der Waals surface area contributed by atoms with Crippen LogP contribution in [0, 0.1) is 0 Å². The molecule has 0 bridgehead atoms. The maximum absolute atomic E-state index is 11.2. The molecular weight excluding hydrogens is 288 g/mol. The fourth-order valence-corrected chi connectivity index (χ4v) is 2.41. The van der Waals surface area contributed by atoms with E-state index in [9.17, 15) is 14.4 Å². The maximum atomic E-state index is 11.2. The fraction of sp³-hybridized carbons (Fsp3) is 0.750. The molecule has 0 aromatic rings. The molecule has 1 heterocycles. The van der Waals surface area contributed by atoms with Crippen LogP contribution < -0.4 is 0 Å². The molecule has 1 aliphatic heterocycles. The summed E-state index contributed by atoms with van der Waals surface area (Å²) in [6, 6.07) is 0. The van der Waals surface area contributed by atoms with Crippen LogP contribution in [0.15, 0.2) is 0 Å². The molecule has 1 fully saturated rings. The molecule has 1 rings (SSSR count). The molecule has 1 aliphatic rings. The Morgan fingerprint density at radius 2 is 1.25 bits per heavy atom. The van der Waals surface area contributed by atoms with Gasteiger partial charge in [0.15, 0.2) is 18.3 Å². The SMILES string of the molecule is CC(=O)OC1C(OC(C)=O)[C@@H](S)OC(C)[C@H]1OC(C)=O. The van der Waals surface area contributed by atoms with Crippen LogP contribution in [0.3, 0.4) is 0 Å². The highest BCUT2D eigenvalue weighted by molar-refractivity contribution is 7.80. The van der Waals surface area contributed by atoms with Crippen LogP contribution in [0.2, 0.25) is 0 Å². The van der Waals surface area contributed by atoms with Crippen molar-refractivity contribution in [3.05, 3.63) is 0 Å². The minimum absolute atomic E-state index is 0.554. The molecule has 3 unspecified atom stereocenters. The van der Waals surface area contributed by atoms with E-state index in [1.807, 2.05) is 0 Å². The van der Waals surface area contributed by atoms with Gasteiger partial charge in [-0.15, -0.1) is 12.6 Å². The lowest BCUT2D eigenvalue weighted by Crippen LogP contribution is -2.59. The molecule has 114 valence electrons.